The molecule has 0 aliphatic carbocycles. The van der Waals surface area contributed by atoms with E-state index in [1.54, 1.807) is 12.5 Å². The van der Waals surface area contributed by atoms with Gasteiger partial charge in [-0.2, -0.15) is 0 Å². The molecule has 5 heteroatoms. The van der Waals surface area contributed by atoms with Crippen molar-refractivity contribution in [1.29, 1.82) is 0 Å². The first-order valence-corrected chi connectivity index (χ1v) is 9.30. The fraction of sp³-hybridized carbons (Fsp3) is 0.333. The molecule has 0 saturated carbocycles. The molecule has 1 aliphatic heterocycles. The van der Waals surface area contributed by atoms with Crippen LogP contribution in [0.3, 0.4) is 0 Å². The third-order valence-corrected chi connectivity index (χ3v) is 5.09. The van der Waals surface area contributed by atoms with E-state index in [0.717, 1.165) is 38.4 Å². The van der Waals surface area contributed by atoms with Crippen molar-refractivity contribution in [2.45, 2.75) is 25.9 Å². The van der Waals surface area contributed by atoms with Gasteiger partial charge in [0.05, 0.1) is 0 Å². The summed E-state index contributed by atoms with van der Waals surface area (Å²) in [4.78, 5) is 11.2. The lowest BCUT2D eigenvalue weighted by molar-refractivity contribution is 0.153. The molecule has 26 heavy (non-hydrogen) atoms. The van der Waals surface area contributed by atoms with Crippen molar-refractivity contribution in [3.8, 4) is 5.82 Å². The zero-order valence-corrected chi connectivity index (χ0v) is 15.2. The first-order chi connectivity index (χ1) is 12.8. The molecule has 3 aromatic rings. The summed E-state index contributed by atoms with van der Waals surface area (Å²) in [6, 6.07) is 13.7. The van der Waals surface area contributed by atoms with Crippen molar-refractivity contribution in [3.05, 3.63) is 78.0 Å². The van der Waals surface area contributed by atoms with E-state index < -0.39 is 0 Å². The van der Waals surface area contributed by atoms with Crippen molar-refractivity contribution in [2.24, 2.45) is 0 Å². The fourth-order valence-corrected chi connectivity index (χ4v) is 3.53. The van der Waals surface area contributed by atoms with Crippen LogP contribution in [0.1, 0.15) is 29.7 Å². The molecule has 2 aromatic heterocycles. The lowest BCUT2D eigenvalue weighted by atomic mass is 10.0. The summed E-state index contributed by atoms with van der Waals surface area (Å²) in [6.45, 7) is 6.18. The maximum Gasteiger partial charge on any atom is 0.137 e. The van der Waals surface area contributed by atoms with E-state index in [0.29, 0.717) is 6.04 Å². The van der Waals surface area contributed by atoms with Gasteiger partial charge in [0.25, 0.3) is 0 Å². The molecule has 0 amide bonds. The molecule has 1 aromatic carbocycles. The Morgan fingerprint density at radius 2 is 1.96 bits per heavy atom. The number of benzene rings is 1. The highest BCUT2D eigenvalue weighted by atomic mass is 15.2. The Labute approximate surface area is 154 Å². The predicted molar refractivity (Wildman–Crippen MR) is 103 cm³/mol. The van der Waals surface area contributed by atoms with Crippen LogP contribution < -0.4 is 5.32 Å². The summed E-state index contributed by atoms with van der Waals surface area (Å²) in [7, 11) is 0. The number of nitrogens with one attached hydrogen (secondary N) is 1. The number of nitrogens with zero attached hydrogens (tertiary/aromatic N) is 4. The van der Waals surface area contributed by atoms with E-state index in [1.165, 1.54) is 16.7 Å². The zero-order chi connectivity index (χ0) is 17.8. The van der Waals surface area contributed by atoms with Gasteiger partial charge in [-0.15, -0.1) is 0 Å². The molecule has 1 aliphatic rings. The molecule has 1 N–H and O–H groups in total. The van der Waals surface area contributed by atoms with E-state index >= 15 is 0 Å². The second kappa shape index (κ2) is 7.81. The molecular weight excluding hydrogens is 322 g/mol. The highest BCUT2D eigenvalue weighted by Gasteiger charge is 2.23. The van der Waals surface area contributed by atoms with Crippen molar-refractivity contribution in [1.82, 2.24) is 24.8 Å². The molecule has 5 nitrogen and oxygen atoms in total. The first kappa shape index (κ1) is 16.9. The molecule has 1 fully saturated rings. The zero-order valence-electron chi connectivity index (χ0n) is 15.2. The van der Waals surface area contributed by atoms with Gasteiger partial charge in [-0.25, -0.2) is 9.97 Å². The molecule has 4 rings (SSSR count). The monoisotopic (exact) mass is 347 g/mol. The molecule has 1 atom stereocenters. The van der Waals surface area contributed by atoms with Crippen molar-refractivity contribution >= 4 is 0 Å². The van der Waals surface area contributed by atoms with Gasteiger partial charge in [-0.1, -0.05) is 37.3 Å². The SMILES string of the molecule is CCc1ccc(C2CNCCN2Cc2ccc(-n3ccnc3)nc2)cc1. The Hall–Kier alpha value is -2.50. The van der Waals surface area contributed by atoms with Crippen LogP contribution in [0.4, 0.5) is 0 Å². The highest BCUT2D eigenvalue weighted by molar-refractivity contribution is 5.27. The number of piperazine rings is 1. The van der Waals surface area contributed by atoms with Gasteiger partial charge >= 0.3 is 0 Å². The number of imidazole rings is 1. The molecule has 1 unspecified atom stereocenters. The van der Waals surface area contributed by atoms with E-state index in [4.69, 9.17) is 0 Å². The number of pyridine rings is 1. The number of hydrogen-bond donors (Lipinski definition) is 1. The van der Waals surface area contributed by atoms with E-state index in [2.05, 4.69) is 63.5 Å². The Morgan fingerprint density at radius 1 is 1.12 bits per heavy atom. The van der Waals surface area contributed by atoms with Gasteiger partial charge in [0.2, 0.25) is 0 Å². The minimum atomic E-state index is 0.406. The Morgan fingerprint density at radius 3 is 2.65 bits per heavy atom. The van der Waals surface area contributed by atoms with Crippen LogP contribution >= 0.6 is 0 Å². The molecular formula is C21H25N5. The largest absolute Gasteiger partial charge is 0.314 e. The van der Waals surface area contributed by atoms with Gasteiger partial charge in [0, 0.05) is 50.8 Å². The molecule has 1 saturated heterocycles. The average molecular weight is 347 g/mol. The number of aromatic nitrogens is 3. The van der Waals surface area contributed by atoms with Crippen molar-refractivity contribution in [3.63, 3.8) is 0 Å². The topological polar surface area (TPSA) is 46.0 Å². The summed E-state index contributed by atoms with van der Waals surface area (Å²) in [6.07, 6.45) is 8.52. The van der Waals surface area contributed by atoms with Gasteiger partial charge < -0.3 is 5.32 Å². The van der Waals surface area contributed by atoms with Crippen molar-refractivity contribution < 1.29 is 0 Å². The third kappa shape index (κ3) is 3.69. The summed E-state index contributed by atoms with van der Waals surface area (Å²) < 4.78 is 1.92. The average Bonchev–Trinajstić information content (AvgIpc) is 3.24. The highest BCUT2D eigenvalue weighted by Crippen LogP contribution is 2.24. The van der Waals surface area contributed by atoms with Gasteiger partial charge in [-0.05, 0) is 29.2 Å². The standard InChI is InChI=1S/C21H25N5/c1-2-17-3-6-19(7-4-17)20-14-22-9-11-25(20)15-18-5-8-21(24-13-18)26-12-10-23-16-26/h3-8,10,12-13,16,20,22H,2,9,11,14-15H2,1H3. The van der Waals surface area contributed by atoms with Crippen LogP contribution in [0, 0.1) is 0 Å². The van der Waals surface area contributed by atoms with Crippen LogP contribution in [0.2, 0.25) is 0 Å². The lowest BCUT2D eigenvalue weighted by Gasteiger charge is -2.36. The van der Waals surface area contributed by atoms with E-state index in [1.807, 2.05) is 17.0 Å². The van der Waals surface area contributed by atoms with Crippen molar-refractivity contribution in [2.75, 3.05) is 19.6 Å². The second-order valence-corrected chi connectivity index (χ2v) is 6.78. The van der Waals surface area contributed by atoms with E-state index in [-0.39, 0.29) is 0 Å². The summed E-state index contributed by atoms with van der Waals surface area (Å²) in [5.41, 5.74) is 4.02. The van der Waals surface area contributed by atoms with Crippen LogP contribution in [0.5, 0.6) is 0 Å². The maximum atomic E-state index is 4.59. The molecule has 0 bridgehead atoms. The van der Waals surface area contributed by atoms with Gasteiger partial charge in [-0.3, -0.25) is 9.47 Å². The minimum absolute atomic E-state index is 0.406. The Balaban J connectivity index is 1.49. The number of rotatable bonds is 5. The second-order valence-electron chi connectivity index (χ2n) is 6.78. The number of hydrogen-bond acceptors (Lipinski definition) is 4. The minimum Gasteiger partial charge on any atom is -0.314 e. The molecule has 0 radical (unpaired) electrons. The maximum absolute atomic E-state index is 4.59. The smallest absolute Gasteiger partial charge is 0.137 e. The van der Waals surface area contributed by atoms with Crippen LogP contribution in [-0.2, 0) is 13.0 Å². The molecule has 3 heterocycles. The fourth-order valence-electron chi connectivity index (χ4n) is 3.53. The summed E-state index contributed by atoms with van der Waals surface area (Å²) in [5, 5.41) is 3.54. The third-order valence-electron chi connectivity index (χ3n) is 5.09. The van der Waals surface area contributed by atoms with Gasteiger partial charge in [0.15, 0.2) is 0 Å². The summed E-state index contributed by atoms with van der Waals surface area (Å²) in [5.74, 6) is 0.901. The Bertz CT molecular complexity index is 809. The Kier molecular flexibility index (Phi) is 5.09. The quantitative estimate of drug-likeness (QED) is 0.771. The first-order valence-electron chi connectivity index (χ1n) is 9.30. The van der Waals surface area contributed by atoms with Crippen LogP contribution in [0.15, 0.2) is 61.3 Å². The van der Waals surface area contributed by atoms with E-state index in [9.17, 15) is 0 Å². The van der Waals surface area contributed by atoms with Crippen LogP contribution in [0.25, 0.3) is 5.82 Å². The molecule has 0 spiro atoms. The molecule has 134 valence electrons. The normalized spacial score (nSPS) is 18.1. The number of aryl methyl sites for hydroxylation is 1. The van der Waals surface area contributed by atoms with Gasteiger partial charge in [0.1, 0.15) is 12.1 Å². The predicted octanol–water partition coefficient (Wildman–Crippen LogP) is 2.98. The van der Waals surface area contributed by atoms with Crippen LogP contribution in [-0.4, -0.2) is 39.1 Å². The summed E-state index contributed by atoms with van der Waals surface area (Å²) >= 11 is 0. The lowest BCUT2D eigenvalue weighted by Crippen LogP contribution is -2.45.